The van der Waals surface area contributed by atoms with Crippen molar-refractivity contribution < 1.29 is 19.1 Å². The van der Waals surface area contributed by atoms with Crippen molar-refractivity contribution in [2.75, 3.05) is 7.11 Å². The Bertz CT molecular complexity index is 1160. The van der Waals surface area contributed by atoms with Gasteiger partial charge < -0.3 is 15.2 Å². The molecule has 1 amide bonds. The predicted octanol–water partition coefficient (Wildman–Crippen LogP) is 3.51. The summed E-state index contributed by atoms with van der Waals surface area (Å²) in [6.45, 7) is 0.658. The SMILES string of the molecule is COc1c(C(=O)OC2CC3CCC(C(N)=O)(C2)N3Cc2ccccc2)sc2ncccc12. The van der Waals surface area contributed by atoms with Crippen molar-refractivity contribution in [2.24, 2.45) is 5.73 Å². The summed E-state index contributed by atoms with van der Waals surface area (Å²) >= 11 is 1.26. The van der Waals surface area contributed by atoms with Gasteiger partial charge in [0.15, 0.2) is 10.6 Å². The molecule has 2 fully saturated rings. The molecule has 5 rings (SSSR count). The van der Waals surface area contributed by atoms with Crippen molar-refractivity contribution in [3.8, 4) is 5.75 Å². The Morgan fingerprint density at radius 1 is 1.25 bits per heavy atom. The molecule has 2 aromatic heterocycles. The number of rotatable bonds is 6. The Morgan fingerprint density at radius 2 is 2.06 bits per heavy atom. The Morgan fingerprint density at radius 3 is 2.81 bits per heavy atom. The van der Waals surface area contributed by atoms with Crippen LogP contribution < -0.4 is 10.5 Å². The maximum atomic E-state index is 13.1. The first-order valence-corrected chi connectivity index (χ1v) is 11.6. The van der Waals surface area contributed by atoms with Crippen LogP contribution >= 0.6 is 11.3 Å². The van der Waals surface area contributed by atoms with Crippen molar-refractivity contribution in [1.82, 2.24) is 9.88 Å². The minimum absolute atomic E-state index is 0.139. The number of thiophene rings is 1. The molecular formula is C24H25N3O4S. The van der Waals surface area contributed by atoms with E-state index < -0.39 is 11.5 Å². The largest absolute Gasteiger partial charge is 0.494 e. The second kappa shape index (κ2) is 8.18. The zero-order valence-corrected chi connectivity index (χ0v) is 18.6. The quantitative estimate of drug-likeness (QED) is 0.577. The van der Waals surface area contributed by atoms with Crippen molar-refractivity contribution in [2.45, 2.75) is 49.9 Å². The van der Waals surface area contributed by atoms with Gasteiger partial charge >= 0.3 is 5.97 Å². The number of pyridine rings is 1. The number of nitrogens with zero attached hydrogens (tertiary/aromatic N) is 2. The van der Waals surface area contributed by atoms with Crippen LogP contribution in [0.3, 0.4) is 0 Å². The summed E-state index contributed by atoms with van der Waals surface area (Å²) in [6.07, 6.45) is 3.94. The number of esters is 1. The third-order valence-corrected chi connectivity index (χ3v) is 7.80. The topological polar surface area (TPSA) is 94.8 Å². The normalized spacial score (nSPS) is 25.0. The van der Waals surface area contributed by atoms with Crippen LogP contribution in [-0.2, 0) is 16.1 Å². The summed E-state index contributed by atoms with van der Waals surface area (Å²) in [7, 11) is 1.54. The number of ether oxygens (including phenoxy) is 2. The molecule has 8 heteroatoms. The lowest BCUT2D eigenvalue weighted by atomic mass is 9.85. The zero-order chi connectivity index (χ0) is 22.3. The number of methoxy groups -OCH3 is 1. The standard InChI is InChI=1S/C24H25N3O4S/c1-30-19-18-8-5-11-26-21(18)32-20(19)22(28)31-17-12-16-9-10-24(13-17,23(25)29)27(16)14-15-6-3-2-4-7-15/h2-8,11,16-17H,9-10,12-14H2,1H3,(H2,25,29). The number of nitrogens with two attached hydrogens (primary N) is 1. The second-order valence-corrected chi connectivity index (χ2v) is 9.49. The third-order valence-electron chi connectivity index (χ3n) is 6.72. The number of benzene rings is 1. The van der Waals surface area contributed by atoms with Gasteiger partial charge in [-0.25, -0.2) is 9.78 Å². The lowest BCUT2D eigenvalue weighted by Gasteiger charge is -2.45. The van der Waals surface area contributed by atoms with Crippen LogP contribution in [0.5, 0.6) is 5.75 Å². The van der Waals surface area contributed by atoms with Gasteiger partial charge in [-0.2, -0.15) is 0 Å². The number of hydrogen-bond donors (Lipinski definition) is 1. The number of carbonyl (C=O) groups is 2. The average Bonchev–Trinajstić information content (AvgIpc) is 3.27. The fourth-order valence-electron chi connectivity index (χ4n) is 5.25. The summed E-state index contributed by atoms with van der Waals surface area (Å²) in [6, 6.07) is 13.9. The van der Waals surface area contributed by atoms with E-state index in [1.54, 1.807) is 6.20 Å². The van der Waals surface area contributed by atoms with Gasteiger partial charge in [0.2, 0.25) is 5.91 Å². The molecule has 0 saturated carbocycles. The van der Waals surface area contributed by atoms with E-state index in [9.17, 15) is 9.59 Å². The summed E-state index contributed by atoms with van der Waals surface area (Å²) in [5, 5.41) is 0.790. The number of amides is 1. The van der Waals surface area contributed by atoms with E-state index in [1.807, 2.05) is 30.3 Å². The summed E-state index contributed by atoms with van der Waals surface area (Å²) in [5.41, 5.74) is 6.28. The molecule has 166 valence electrons. The van der Waals surface area contributed by atoms with Crippen LogP contribution in [0.1, 0.15) is 40.9 Å². The van der Waals surface area contributed by atoms with Crippen LogP contribution in [0.2, 0.25) is 0 Å². The molecule has 3 unspecified atom stereocenters. The highest BCUT2D eigenvalue weighted by Gasteiger charge is 2.56. The molecule has 2 bridgehead atoms. The number of hydrogen-bond acceptors (Lipinski definition) is 7. The molecule has 0 spiro atoms. The van der Waals surface area contributed by atoms with Crippen LogP contribution in [0.25, 0.3) is 10.2 Å². The molecule has 3 aromatic rings. The van der Waals surface area contributed by atoms with Crippen molar-refractivity contribution in [3.63, 3.8) is 0 Å². The first kappa shape index (κ1) is 20.9. The highest BCUT2D eigenvalue weighted by Crippen LogP contribution is 2.46. The van der Waals surface area contributed by atoms with E-state index in [1.165, 1.54) is 18.4 Å². The summed E-state index contributed by atoms with van der Waals surface area (Å²) < 4.78 is 11.4. The number of primary amides is 1. The number of carbonyl (C=O) groups excluding carboxylic acids is 2. The molecule has 1 aromatic carbocycles. The van der Waals surface area contributed by atoms with E-state index in [2.05, 4.69) is 22.0 Å². The molecule has 2 aliphatic rings. The molecule has 7 nitrogen and oxygen atoms in total. The van der Waals surface area contributed by atoms with Gasteiger partial charge in [-0.3, -0.25) is 9.69 Å². The average molecular weight is 452 g/mol. The van der Waals surface area contributed by atoms with E-state index >= 15 is 0 Å². The third kappa shape index (κ3) is 3.43. The maximum absolute atomic E-state index is 13.1. The second-order valence-electron chi connectivity index (χ2n) is 8.49. The minimum Gasteiger partial charge on any atom is -0.494 e. The van der Waals surface area contributed by atoms with Gasteiger partial charge in [0.05, 0.1) is 12.5 Å². The molecule has 32 heavy (non-hydrogen) atoms. The van der Waals surface area contributed by atoms with E-state index in [-0.39, 0.29) is 18.1 Å². The Labute approximate surface area is 190 Å². The monoisotopic (exact) mass is 451 g/mol. The van der Waals surface area contributed by atoms with Gasteiger partial charge in [0.1, 0.15) is 16.5 Å². The van der Waals surface area contributed by atoms with Crippen LogP contribution in [0.15, 0.2) is 48.7 Å². The lowest BCUT2D eigenvalue weighted by Crippen LogP contribution is -2.60. The fourth-order valence-corrected chi connectivity index (χ4v) is 6.25. The smallest absolute Gasteiger partial charge is 0.352 e. The fraction of sp³-hybridized carbons (Fsp3) is 0.375. The van der Waals surface area contributed by atoms with Gasteiger partial charge in [-0.1, -0.05) is 30.3 Å². The van der Waals surface area contributed by atoms with Crippen molar-refractivity contribution >= 4 is 33.4 Å². The van der Waals surface area contributed by atoms with Gasteiger partial charge in [0, 0.05) is 31.6 Å². The molecule has 0 radical (unpaired) electrons. The van der Waals surface area contributed by atoms with E-state index in [0.717, 1.165) is 22.2 Å². The van der Waals surface area contributed by atoms with E-state index in [0.29, 0.717) is 36.4 Å². The first-order chi connectivity index (χ1) is 15.5. The molecule has 2 N–H and O–H groups in total. The zero-order valence-electron chi connectivity index (χ0n) is 17.8. The van der Waals surface area contributed by atoms with Crippen LogP contribution in [-0.4, -0.2) is 46.6 Å². The maximum Gasteiger partial charge on any atom is 0.352 e. The van der Waals surface area contributed by atoms with Gasteiger partial charge in [0.25, 0.3) is 0 Å². The molecule has 4 heterocycles. The number of aromatic nitrogens is 1. The molecule has 3 atom stereocenters. The number of piperidine rings is 1. The molecular weight excluding hydrogens is 426 g/mol. The highest BCUT2D eigenvalue weighted by atomic mass is 32.1. The van der Waals surface area contributed by atoms with Crippen molar-refractivity contribution in [1.29, 1.82) is 0 Å². The summed E-state index contributed by atoms with van der Waals surface area (Å²) in [4.78, 5) is 33.4. The van der Waals surface area contributed by atoms with E-state index in [4.69, 9.17) is 15.2 Å². The minimum atomic E-state index is -0.796. The molecule has 2 saturated heterocycles. The Hall–Kier alpha value is -2.97. The highest BCUT2D eigenvalue weighted by molar-refractivity contribution is 7.20. The Kier molecular flexibility index (Phi) is 5.35. The van der Waals surface area contributed by atoms with Gasteiger partial charge in [-0.15, -0.1) is 11.3 Å². The molecule has 0 aliphatic carbocycles. The molecule has 2 aliphatic heterocycles. The Balaban J connectivity index is 1.38. The summed E-state index contributed by atoms with van der Waals surface area (Å²) in [5.74, 6) is -0.303. The van der Waals surface area contributed by atoms with Crippen molar-refractivity contribution in [3.05, 3.63) is 59.1 Å². The van der Waals surface area contributed by atoms with Gasteiger partial charge in [-0.05, 0) is 30.5 Å². The lowest BCUT2D eigenvalue weighted by molar-refractivity contribution is -0.136. The van der Waals surface area contributed by atoms with Crippen LogP contribution in [0.4, 0.5) is 0 Å². The van der Waals surface area contributed by atoms with Crippen LogP contribution in [0, 0.1) is 0 Å². The predicted molar refractivity (Wildman–Crippen MR) is 122 cm³/mol. The number of fused-ring (bicyclic) bond motifs is 3. The first-order valence-electron chi connectivity index (χ1n) is 10.7.